The summed E-state index contributed by atoms with van der Waals surface area (Å²) in [4.78, 5) is 13.7. The summed E-state index contributed by atoms with van der Waals surface area (Å²) in [6, 6.07) is 7.36. The Kier molecular flexibility index (Phi) is 2.05. The average Bonchev–Trinajstić information content (AvgIpc) is 2.18. The van der Waals surface area contributed by atoms with E-state index in [9.17, 15) is 4.79 Å². The molecule has 4 heteroatoms. The minimum atomic E-state index is -1.00. The van der Waals surface area contributed by atoms with E-state index in [-0.39, 0.29) is 5.56 Å². The third-order valence-corrected chi connectivity index (χ3v) is 2.46. The minimum absolute atomic E-state index is 0.138. The monoisotopic (exact) mass is 205 g/mol. The van der Waals surface area contributed by atoms with Gasteiger partial charge in [-0.15, -0.1) is 0 Å². The lowest BCUT2D eigenvalue weighted by Gasteiger charge is -2.00. The highest BCUT2D eigenvalue weighted by molar-refractivity contribution is 7.71. The molecule has 0 aliphatic rings. The number of carbonyl (C=O) groups is 1. The molecular weight excluding hydrogens is 198 g/mol. The van der Waals surface area contributed by atoms with E-state index >= 15 is 0 Å². The van der Waals surface area contributed by atoms with Crippen molar-refractivity contribution in [2.75, 3.05) is 0 Å². The summed E-state index contributed by atoms with van der Waals surface area (Å²) in [6.45, 7) is 0. The zero-order valence-corrected chi connectivity index (χ0v) is 7.97. The Balaban J connectivity index is 2.89. The second kappa shape index (κ2) is 3.23. The smallest absolute Gasteiger partial charge is 0.338 e. The van der Waals surface area contributed by atoms with Crippen LogP contribution >= 0.6 is 12.2 Å². The van der Waals surface area contributed by atoms with Crippen LogP contribution in [-0.2, 0) is 0 Å². The fraction of sp³-hybridized carbons (Fsp3) is 0. The van der Waals surface area contributed by atoms with Gasteiger partial charge in [-0.05, 0) is 6.07 Å². The largest absolute Gasteiger partial charge is 0.478 e. The second-order valence-electron chi connectivity index (χ2n) is 2.88. The van der Waals surface area contributed by atoms with Crippen molar-refractivity contribution in [3.05, 3.63) is 40.5 Å². The van der Waals surface area contributed by atoms with Gasteiger partial charge in [-0.25, -0.2) is 4.79 Å². The van der Waals surface area contributed by atoms with Crippen LogP contribution < -0.4 is 0 Å². The normalized spacial score (nSPS) is 10.3. The number of fused-ring (bicyclic) bond motifs is 1. The highest BCUT2D eigenvalue weighted by Crippen LogP contribution is 2.15. The van der Waals surface area contributed by atoms with Crippen LogP contribution in [-0.4, -0.2) is 16.1 Å². The van der Waals surface area contributed by atoms with Crippen LogP contribution in [0.4, 0.5) is 0 Å². The fourth-order valence-electron chi connectivity index (χ4n) is 1.33. The first kappa shape index (κ1) is 8.90. The number of pyridine rings is 1. The number of nitrogens with one attached hydrogen (secondary N) is 1. The molecule has 3 nitrogen and oxygen atoms in total. The number of carboxylic acids is 1. The molecular formula is C10H7NO2S. The zero-order chi connectivity index (χ0) is 10.1. The maximum Gasteiger partial charge on any atom is 0.338 e. The van der Waals surface area contributed by atoms with Crippen LogP contribution in [0, 0.1) is 4.51 Å². The number of carboxylic acid groups (broad SMARTS) is 1. The summed E-state index contributed by atoms with van der Waals surface area (Å²) in [6.07, 6.45) is 1.42. The van der Waals surface area contributed by atoms with Gasteiger partial charge in [-0.3, -0.25) is 0 Å². The van der Waals surface area contributed by atoms with Gasteiger partial charge in [0.25, 0.3) is 0 Å². The van der Waals surface area contributed by atoms with Crippen molar-refractivity contribution in [2.45, 2.75) is 0 Å². The topological polar surface area (TPSA) is 53.1 Å². The Morgan fingerprint density at radius 3 is 2.79 bits per heavy atom. The SMILES string of the molecule is O=C(O)c1c[nH]c2ccccc2c1=S. The lowest BCUT2D eigenvalue weighted by atomic mass is 10.1. The number of aromatic carboxylic acids is 1. The average molecular weight is 205 g/mol. The molecule has 0 saturated carbocycles. The van der Waals surface area contributed by atoms with Crippen molar-refractivity contribution < 1.29 is 9.90 Å². The Morgan fingerprint density at radius 1 is 1.36 bits per heavy atom. The number of H-pyrrole nitrogens is 1. The maximum absolute atomic E-state index is 10.8. The van der Waals surface area contributed by atoms with Crippen LogP contribution in [0.2, 0.25) is 0 Å². The van der Waals surface area contributed by atoms with E-state index in [4.69, 9.17) is 17.3 Å². The highest BCUT2D eigenvalue weighted by atomic mass is 32.1. The molecule has 0 bridgehead atoms. The molecule has 0 unspecified atom stereocenters. The summed E-state index contributed by atoms with van der Waals surface area (Å²) in [5.74, 6) is -1.00. The third-order valence-electron chi connectivity index (χ3n) is 2.02. The molecule has 0 amide bonds. The van der Waals surface area contributed by atoms with Crippen LogP contribution in [0.1, 0.15) is 10.4 Å². The Labute approximate surface area is 85.0 Å². The van der Waals surface area contributed by atoms with E-state index in [0.29, 0.717) is 4.51 Å². The van der Waals surface area contributed by atoms with E-state index in [0.717, 1.165) is 10.9 Å². The fourth-order valence-corrected chi connectivity index (χ4v) is 1.65. The van der Waals surface area contributed by atoms with Gasteiger partial charge < -0.3 is 10.1 Å². The summed E-state index contributed by atoms with van der Waals surface area (Å²) in [7, 11) is 0. The number of aromatic amines is 1. The van der Waals surface area contributed by atoms with Crippen LogP contribution in [0.25, 0.3) is 10.9 Å². The molecule has 0 spiro atoms. The highest BCUT2D eigenvalue weighted by Gasteiger charge is 2.07. The summed E-state index contributed by atoms with van der Waals surface area (Å²) < 4.78 is 0.381. The first-order chi connectivity index (χ1) is 6.70. The standard InChI is InChI=1S/C10H7NO2S/c12-10(13)7-5-11-8-4-2-1-3-6(8)9(7)14/h1-5H,(H,11,14)(H,12,13). The van der Waals surface area contributed by atoms with Crippen LogP contribution in [0.5, 0.6) is 0 Å². The number of rotatable bonds is 1. The molecule has 0 aliphatic carbocycles. The maximum atomic E-state index is 10.8. The van der Waals surface area contributed by atoms with Gasteiger partial charge in [0.05, 0.1) is 10.1 Å². The number of aromatic nitrogens is 1. The van der Waals surface area contributed by atoms with E-state index in [1.165, 1.54) is 6.20 Å². The summed E-state index contributed by atoms with van der Waals surface area (Å²) in [5, 5.41) is 9.60. The van der Waals surface area contributed by atoms with Crippen molar-refractivity contribution in [3.8, 4) is 0 Å². The van der Waals surface area contributed by atoms with Gasteiger partial charge in [0.1, 0.15) is 0 Å². The van der Waals surface area contributed by atoms with Crippen molar-refractivity contribution in [1.82, 2.24) is 4.98 Å². The molecule has 0 atom stereocenters. The van der Waals surface area contributed by atoms with Crippen LogP contribution in [0.3, 0.4) is 0 Å². The molecule has 0 saturated heterocycles. The van der Waals surface area contributed by atoms with E-state index in [1.807, 2.05) is 18.2 Å². The van der Waals surface area contributed by atoms with Gasteiger partial charge in [-0.2, -0.15) is 0 Å². The summed E-state index contributed by atoms with van der Waals surface area (Å²) in [5.41, 5.74) is 0.987. The molecule has 2 N–H and O–H groups in total. The predicted octanol–water partition coefficient (Wildman–Crippen LogP) is 2.60. The molecule has 1 aromatic heterocycles. The second-order valence-corrected chi connectivity index (χ2v) is 3.29. The van der Waals surface area contributed by atoms with E-state index in [1.54, 1.807) is 6.07 Å². The van der Waals surface area contributed by atoms with Gasteiger partial charge in [-0.1, -0.05) is 30.4 Å². The number of hydrogen-bond acceptors (Lipinski definition) is 2. The first-order valence-corrected chi connectivity index (χ1v) is 4.44. The molecule has 1 heterocycles. The number of hydrogen-bond donors (Lipinski definition) is 2. The Morgan fingerprint density at radius 2 is 2.07 bits per heavy atom. The van der Waals surface area contributed by atoms with Gasteiger partial charge in [0.15, 0.2) is 0 Å². The van der Waals surface area contributed by atoms with Crippen molar-refractivity contribution in [1.29, 1.82) is 0 Å². The van der Waals surface area contributed by atoms with E-state index in [2.05, 4.69) is 4.98 Å². The van der Waals surface area contributed by atoms with Crippen molar-refractivity contribution in [2.24, 2.45) is 0 Å². The molecule has 0 aliphatic heterocycles. The molecule has 70 valence electrons. The zero-order valence-electron chi connectivity index (χ0n) is 7.15. The lowest BCUT2D eigenvalue weighted by molar-refractivity contribution is 0.0696. The van der Waals surface area contributed by atoms with Gasteiger partial charge in [0.2, 0.25) is 0 Å². The molecule has 2 rings (SSSR count). The quantitative estimate of drug-likeness (QED) is 0.703. The minimum Gasteiger partial charge on any atom is -0.478 e. The van der Waals surface area contributed by atoms with Crippen LogP contribution in [0.15, 0.2) is 30.5 Å². The molecule has 14 heavy (non-hydrogen) atoms. The van der Waals surface area contributed by atoms with Crippen molar-refractivity contribution in [3.63, 3.8) is 0 Å². The van der Waals surface area contributed by atoms with Gasteiger partial charge in [0, 0.05) is 17.1 Å². The number of benzene rings is 1. The summed E-state index contributed by atoms with van der Waals surface area (Å²) >= 11 is 5.07. The molecule has 0 fully saturated rings. The molecule has 0 radical (unpaired) electrons. The predicted molar refractivity (Wildman–Crippen MR) is 56.1 cm³/mol. The Bertz CT molecular complexity index is 559. The number of para-hydroxylation sites is 1. The molecule has 1 aromatic carbocycles. The lowest BCUT2D eigenvalue weighted by Crippen LogP contribution is -1.98. The molecule has 2 aromatic rings. The van der Waals surface area contributed by atoms with E-state index < -0.39 is 5.97 Å². The Hall–Kier alpha value is -1.68. The van der Waals surface area contributed by atoms with Gasteiger partial charge >= 0.3 is 5.97 Å². The first-order valence-electron chi connectivity index (χ1n) is 4.04. The third kappa shape index (κ3) is 1.29. The van der Waals surface area contributed by atoms with Crippen molar-refractivity contribution >= 4 is 29.1 Å².